The van der Waals surface area contributed by atoms with Crippen LogP contribution in [0.15, 0.2) is 16.9 Å². The zero-order valence-corrected chi connectivity index (χ0v) is 9.32. The van der Waals surface area contributed by atoms with Crippen molar-refractivity contribution in [2.45, 2.75) is 25.2 Å². The Kier molecular flexibility index (Phi) is 1.51. The van der Waals surface area contributed by atoms with Crippen LogP contribution in [-0.2, 0) is 5.41 Å². The summed E-state index contributed by atoms with van der Waals surface area (Å²) in [5, 5.41) is 4.42. The maximum atomic E-state index is 4.42. The van der Waals surface area contributed by atoms with Crippen LogP contribution in [0.4, 0.5) is 0 Å². The lowest BCUT2D eigenvalue weighted by atomic mass is 10.1. The summed E-state index contributed by atoms with van der Waals surface area (Å²) in [5.41, 5.74) is 0.209. The molecule has 0 aliphatic heterocycles. The molecule has 5 heteroatoms. The van der Waals surface area contributed by atoms with E-state index >= 15 is 0 Å². The molecule has 0 aromatic carbocycles. The van der Waals surface area contributed by atoms with Crippen LogP contribution in [0.3, 0.4) is 0 Å². The van der Waals surface area contributed by atoms with Gasteiger partial charge in [0.25, 0.3) is 5.78 Å². The number of fused-ring (bicyclic) bond motifs is 1. The molecule has 2 heterocycles. The van der Waals surface area contributed by atoms with Gasteiger partial charge < -0.3 is 0 Å². The fourth-order valence-corrected chi connectivity index (χ4v) is 1.72. The molecule has 0 atom stereocenters. The van der Waals surface area contributed by atoms with Gasteiger partial charge in [0.1, 0.15) is 0 Å². The number of hydrogen-bond donors (Lipinski definition) is 0. The standard InChI is InChI=1S/C9H9BrN4/c1-9(2-3-9)7-12-8-11-4-6(10)5-14(8)13-7/h4-5H,2-3H2,1H3. The Morgan fingerprint density at radius 2 is 2.29 bits per heavy atom. The molecule has 72 valence electrons. The predicted molar refractivity (Wildman–Crippen MR) is 55.1 cm³/mol. The predicted octanol–water partition coefficient (Wildman–Crippen LogP) is 1.94. The molecule has 0 amide bonds. The van der Waals surface area contributed by atoms with Gasteiger partial charge in [-0.15, -0.1) is 5.10 Å². The van der Waals surface area contributed by atoms with Gasteiger partial charge in [0.05, 0.1) is 4.47 Å². The average molecular weight is 253 g/mol. The third-order valence-corrected chi connectivity index (χ3v) is 3.11. The van der Waals surface area contributed by atoms with E-state index in [2.05, 4.69) is 37.9 Å². The van der Waals surface area contributed by atoms with Gasteiger partial charge in [-0.2, -0.15) is 4.98 Å². The summed E-state index contributed by atoms with van der Waals surface area (Å²) in [6, 6.07) is 0. The van der Waals surface area contributed by atoms with E-state index in [-0.39, 0.29) is 5.41 Å². The van der Waals surface area contributed by atoms with E-state index in [1.807, 2.05) is 6.20 Å². The van der Waals surface area contributed by atoms with E-state index in [0.717, 1.165) is 10.3 Å². The second kappa shape index (κ2) is 2.53. The maximum Gasteiger partial charge on any atom is 0.252 e. The number of halogens is 1. The van der Waals surface area contributed by atoms with Crippen LogP contribution in [0.5, 0.6) is 0 Å². The van der Waals surface area contributed by atoms with Crippen LogP contribution in [0.1, 0.15) is 25.6 Å². The highest BCUT2D eigenvalue weighted by Gasteiger charge is 2.43. The van der Waals surface area contributed by atoms with Crippen molar-refractivity contribution in [2.24, 2.45) is 0 Å². The van der Waals surface area contributed by atoms with E-state index in [1.165, 1.54) is 12.8 Å². The topological polar surface area (TPSA) is 43.1 Å². The van der Waals surface area contributed by atoms with E-state index in [0.29, 0.717) is 5.78 Å². The summed E-state index contributed by atoms with van der Waals surface area (Å²) in [5.74, 6) is 1.60. The third kappa shape index (κ3) is 1.15. The molecule has 0 saturated heterocycles. The van der Waals surface area contributed by atoms with Gasteiger partial charge in [-0.3, -0.25) is 0 Å². The normalized spacial score (nSPS) is 18.7. The second-order valence-corrected chi connectivity index (χ2v) is 4.93. The van der Waals surface area contributed by atoms with Crippen molar-refractivity contribution in [2.75, 3.05) is 0 Å². The average Bonchev–Trinajstić information content (AvgIpc) is 2.77. The van der Waals surface area contributed by atoms with Crippen molar-refractivity contribution in [1.82, 2.24) is 19.6 Å². The van der Waals surface area contributed by atoms with Crippen LogP contribution < -0.4 is 0 Å². The quantitative estimate of drug-likeness (QED) is 0.780. The summed E-state index contributed by atoms with van der Waals surface area (Å²) in [7, 11) is 0. The van der Waals surface area contributed by atoms with Gasteiger partial charge in [0.2, 0.25) is 0 Å². The van der Waals surface area contributed by atoms with Crippen molar-refractivity contribution < 1.29 is 0 Å². The summed E-state index contributed by atoms with van der Waals surface area (Å²) in [6.45, 7) is 2.19. The largest absolute Gasteiger partial charge is 0.252 e. The lowest BCUT2D eigenvalue weighted by Gasteiger charge is -1.97. The Balaban J connectivity index is 2.20. The summed E-state index contributed by atoms with van der Waals surface area (Å²) < 4.78 is 2.64. The Hall–Kier alpha value is -0.970. The lowest BCUT2D eigenvalue weighted by Crippen LogP contribution is -2.02. The van der Waals surface area contributed by atoms with Gasteiger partial charge in [-0.05, 0) is 28.8 Å². The number of aromatic nitrogens is 4. The molecule has 1 fully saturated rings. The van der Waals surface area contributed by atoms with E-state index in [1.54, 1.807) is 10.7 Å². The van der Waals surface area contributed by atoms with Crippen LogP contribution in [0.25, 0.3) is 5.78 Å². The SMILES string of the molecule is CC1(c2nc3ncc(Br)cn3n2)CC1. The molecule has 0 radical (unpaired) electrons. The smallest absolute Gasteiger partial charge is 0.218 e. The Morgan fingerprint density at radius 3 is 3.00 bits per heavy atom. The Bertz CT molecular complexity index is 500. The first-order valence-corrected chi connectivity index (χ1v) is 5.35. The molecular formula is C9H9BrN4. The van der Waals surface area contributed by atoms with Gasteiger partial charge in [-0.1, -0.05) is 6.92 Å². The fourth-order valence-electron chi connectivity index (χ4n) is 1.43. The van der Waals surface area contributed by atoms with Crippen LogP contribution in [0.2, 0.25) is 0 Å². The van der Waals surface area contributed by atoms with Crippen molar-refractivity contribution in [3.05, 3.63) is 22.7 Å². The molecule has 1 saturated carbocycles. The summed E-state index contributed by atoms with van der Waals surface area (Å²) in [4.78, 5) is 8.59. The van der Waals surface area contributed by atoms with Crippen molar-refractivity contribution in [1.29, 1.82) is 0 Å². The van der Waals surface area contributed by atoms with Crippen molar-refractivity contribution in [3.63, 3.8) is 0 Å². The zero-order valence-electron chi connectivity index (χ0n) is 7.74. The van der Waals surface area contributed by atoms with Gasteiger partial charge in [0, 0.05) is 17.8 Å². The molecule has 3 rings (SSSR count). The van der Waals surface area contributed by atoms with Gasteiger partial charge >= 0.3 is 0 Å². The van der Waals surface area contributed by atoms with Crippen molar-refractivity contribution >= 4 is 21.7 Å². The molecule has 4 nitrogen and oxygen atoms in total. The molecule has 0 spiro atoms. The Labute approximate surface area is 89.5 Å². The number of rotatable bonds is 1. The second-order valence-electron chi connectivity index (χ2n) is 4.01. The van der Waals surface area contributed by atoms with Crippen molar-refractivity contribution in [3.8, 4) is 0 Å². The molecule has 1 aliphatic carbocycles. The highest BCUT2D eigenvalue weighted by atomic mass is 79.9. The van der Waals surface area contributed by atoms with E-state index < -0.39 is 0 Å². The minimum Gasteiger partial charge on any atom is -0.218 e. The molecular weight excluding hydrogens is 244 g/mol. The fraction of sp³-hybridized carbons (Fsp3) is 0.444. The molecule has 0 bridgehead atoms. The van der Waals surface area contributed by atoms with Crippen LogP contribution in [0, 0.1) is 0 Å². The highest BCUT2D eigenvalue weighted by molar-refractivity contribution is 9.10. The molecule has 2 aromatic heterocycles. The number of hydrogen-bond acceptors (Lipinski definition) is 3. The minimum atomic E-state index is 0.209. The maximum absolute atomic E-state index is 4.42. The molecule has 14 heavy (non-hydrogen) atoms. The Morgan fingerprint density at radius 1 is 1.50 bits per heavy atom. The molecule has 1 aliphatic rings. The zero-order chi connectivity index (χ0) is 9.76. The molecule has 0 N–H and O–H groups in total. The number of nitrogens with zero attached hydrogens (tertiary/aromatic N) is 4. The first-order chi connectivity index (χ1) is 6.67. The van der Waals surface area contributed by atoms with Crippen LogP contribution >= 0.6 is 15.9 Å². The van der Waals surface area contributed by atoms with E-state index in [4.69, 9.17) is 0 Å². The third-order valence-electron chi connectivity index (χ3n) is 2.70. The lowest BCUT2D eigenvalue weighted by molar-refractivity contribution is 0.704. The van der Waals surface area contributed by atoms with Crippen LogP contribution in [-0.4, -0.2) is 19.6 Å². The monoisotopic (exact) mass is 252 g/mol. The summed E-state index contributed by atoms with van der Waals surface area (Å²) in [6.07, 6.45) is 5.99. The molecule has 2 aromatic rings. The highest BCUT2D eigenvalue weighted by Crippen LogP contribution is 2.45. The first kappa shape index (κ1) is 8.35. The van der Waals surface area contributed by atoms with E-state index in [9.17, 15) is 0 Å². The van der Waals surface area contributed by atoms with Gasteiger partial charge in [0.15, 0.2) is 5.82 Å². The first-order valence-electron chi connectivity index (χ1n) is 4.56. The molecule has 0 unspecified atom stereocenters. The van der Waals surface area contributed by atoms with Gasteiger partial charge in [-0.25, -0.2) is 9.50 Å². The summed E-state index contributed by atoms with van der Waals surface area (Å²) >= 11 is 3.36. The minimum absolute atomic E-state index is 0.209.